The number of halogens is 2. The van der Waals surface area contributed by atoms with Crippen LogP contribution in [0.1, 0.15) is 42.2 Å². The predicted octanol–water partition coefficient (Wildman–Crippen LogP) is 4.50. The Hall–Kier alpha value is -3.17. The van der Waals surface area contributed by atoms with Crippen molar-refractivity contribution in [1.29, 1.82) is 0 Å². The van der Waals surface area contributed by atoms with Gasteiger partial charge in [0.1, 0.15) is 11.0 Å². The molecule has 0 radical (unpaired) electrons. The van der Waals surface area contributed by atoms with Crippen molar-refractivity contribution < 1.29 is 14.3 Å². The van der Waals surface area contributed by atoms with Crippen LogP contribution in [-0.2, 0) is 4.74 Å². The minimum Gasteiger partial charge on any atom is -0.479 e. The maximum Gasteiger partial charge on any atom is 0.341 e. The molecule has 32 heavy (non-hydrogen) atoms. The van der Waals surface area contributed by atoms with Crippen LogP contribution in [0.5, 0.6) is 5.88 Å². The van der Waals surface area contributed by atoms with Gasteiger partial charge in [-0.2, -0.15) is 15.2 Å². The molecule has 0 aliphatic carbocycles. The summed E-state index contributed by atoms with van der Waals surface area (Å²) in [6.07, 6.45) is 5.28. The number of hydrogen-bond donors (Lipinski definition) is 0. The van der Waals surface area contributed by atoms with Crippen molar-refractivity contribution in [3.8, 4) is 11.8 Å². The number of methoxy groups -OCH3 is 1. The Bertz CT molecular complexity index is 1290. The molecule has 9 nitrogen and oxygen atoms in total. The second-order valence-electron chi connectivity index (χ2n) is 6.85. The maximum atomic E-state index is 11.9. The van der Waals surface area contributed by atoms with E-state index in [1.54, 1.807) is 19.2 Å². The lowest BCUT2D eigenvalue weighted by molar-refractivity contribution is 0.0526. The summed E-state index contributed by atoms with van der Waals surface area (Å²) in [5.41, 5.74) is 2.45. The lowest BCUT2D eigenvalue weighted by Crippen LogP contribution is -2.13. The second kappa shape index (κ2) is 9.13. The standard InChI is InChI=1S/C21H20Cl2N6O3/c1-4-17(12-6-7-14(22)15(23)8-12)29-18-16(10-25-29)26-21(27-19(18)31-3)28-11-13(9-24-28)20(30)32-5-2/h6-11,17H,4-5H2,1-3H3/t17-/m0/s1. The first-order valence-corrected chi connectivity index (χ1v) is 10.7. The van der Waals surface area contributed by atoms with Crippen LogP contribution in [0.3, 0.4) is 0 Å². The molecule has 3 aromatic heterocycles. The van der Waals surface area contributed by atoms with Crippen molar-refractivity contribution in [2.24, 2.45) is 0 Å². The van der Waals surface area contributed by atoms with Crippen molar-refractivity contribution in [2.75, 3.05) is 13.7 Å². The quantitative estimate of drug-likeness (QED) is 0.363. The highest BCUT2D eigenvalue weighted by Crippen LogP contribution is 2.33. The van der Waals surface area contributed by atoms with Gasteiger partial charge in [-0.1, -0.05) is 36.2 Å². The fourth-order valence-corrected chi connectivity index (χ4v) is 3.73. The Labute approximate surface area is 193 Å². The zero-order valence-electron chi connectivity index (χ0n) is 17.6. The van der Waals surface area contributed by atoms with Gasteiger partial charge in [0.05, 0.1) is 47.8 Å². The number of benzene rings is 1. The van der Waals surface area contributed by atoms with Gasteiger partial charge in [0.25, 0.3) is 5.95 Å². The number of ether oxygens (including phenoxy) is 2. The van der Waals surface area contributed by atoms with E-state index in [-0.39, 0.29) is 18.6 Å². The molecular weight excluding hydrogens is 455 g/mol. The van der Waals surface area contributed by atoms with Crippen LogP contribution in [0.2, 0.25) is 10.0 Å². The largest absolute Gasteiger partial charge is 0.479 e. The van der Waals surface area contributed by atoms with Crippen molar-refractivity contribution in [2.45, 2.75) is 26.3 Å². The SMILES string of the molecule is CCOC(=O)c1cnn(-c2nc(OC)c3c(cnn3[C@@H](CC)c3ccc(Cl)c(Cl)c3)n2)c1. The first kappa shape index (κ1) is 22.0. The van der Waals surface area contributed by atoms with Gasteiger partial charge < -0.3 is 9.47 Å². The first-order valence-electron chi connectivity index (χ1n) is 9.93. The molecular formula is C21H20Cl2N6O3. The highest BCUT2D eigenvalue weighted by atomic mass is 35.5. The third-order valence-electron chi connectivity index (χ3n) is 4.90. The molecule has 0 aliphatic heterocycles. The van der Waals surface area contributed by atoms with E-state index in [0.29, 0.717) is 32.5 Å². The number of fused-ring (bicyclic) bond motifs is 1. The van der Waals surface area contributed by atoms with E-state index in [1.807, 2.05) is 23.7 Å². The summed E-state index contributed by atoms with van der Waals surface area (Å²) in [6.45, 7) is 4.06. The van der Waals surface area contributed by atoms with Gasteiger partial charge in [0, 0.05) is 6.20 Å². The molecule has 0 amide bonds. The molecule has 0 N–H and O–H groups in total. The minimum atomic E-state index is -0.466. The Kier molecular flexibility index (Phi) is 6.29. The summed E-state index contributed by atoms with van der Waals surface area (Å²) >= 11 is 12.3. The fraction of sp³-hybridized carbons (Fsp3) is 0.286. The average molecular weight is 475 g/mol. The Morgan fingerprint density at radius 3 is 2.62 bits per heavy atom. The van der Waals surface area contributed by atoms with E-state index in [9.17, 15) is 4.79 Å². The number of esters is 1. The van der Waals surface area contributed by atoms with Crippen LogP contribution in [0.25, 0.3) is 17.0 Å². The van der Waals surface area contributed by atoms with Gasteiger partial charge >= 0.3 is 5.97 Å². The summed E-state index contributed by atoms with van der Waals surface area (Å²) in [5.74, 6) is 0.105. The molecule has 0 spiro atoms. The number of carbonyl (C=O) groups is 1. The number of nitrogens with zero attached hydrogens (tertiary/aromatic N) is 6. The number of carbonyl (C=O) groups excluding carboxylic acids is 1. The smallest absolute Gasteiger partial charge is 0.341 e. The van der Waals surface area contributed by atoms with Gasteiger partial charge in [-0.15, -0.1) is 0 Å². The zero-order valence-corrected chi connectivity index (χ0v) is 19.1. The first-order chi connectivity index (χ1) is 15.5. The molecule has 0 saturated heterocycles. The van der Waals surface area contributed by atoms with Crippen LogP contribution >= 0.6 is 23.2 Å². The van der Waals surface area contributed by atoms with Crippen LogP contribution in [0.15, 0.2) is 36.8 Å². The minimum absolute atomic E-state index is 0.134. The topological polar surface area (TPSA) is 97.0 Å². The van der Waals surface area contributed by atoms with E-state index in [1.165, 1.54) is 24.2 Å². The van der Waals surface area contributed by atoms with Crippen LogP contribution in [0, 0.1) is 0 Å². The third kappa shape index (κ3) is 4.01. The second-order valence-corrected chi connectivity index (χ2v) is 7.66. The van der Waals surface area contributed by atoms with Gasteiger partial charge in [0.2, 0.25) is 5.88 Å². The molecule has 0 aliphatic rings. The summed E-state index contributed by atoms with van der Waals surface area (Å²) < 4.78 is 13.8. The van der Waals surface area contributed by atoms with Crippen molar-refractivity contribution in [3.05, 3.63) is 58.0 Å². The monoisotopic (exact) mass is 474 g/mol. The Morgan fingerprint density at radius 1 is 1.12 bits per heavy atom. The van der Waals surface area contributed by atoms with Crippen molar-refractivity contribution in [3.63, 3.8) is 0 Å². The molecule has 0 unspecified atom stereocenters. The van der Waals surface area contributed by atoms with Gasteiger partial charge in [0.15, 0.2) is 0 Å². The lowest BCUT2D eigenvalue weighted by atomic mass is 10.0. The third-order valence-corrected chi connectivity index (χ3v) is 5.64. The molecule has 3 heterocycles. The van der Waals surface area contributed by atoms with E-state index in [0.717, 1.165) is 12.0 Å². The molecule has 11 heteroatoms. The summed E-state index contributed by atoms with van der Waals surface area (Å²) in [5, 5.41) is 9.69. The number of aromatic nitrogens is 6. The molecule has 0 saturated carbocycles. The van der Waals surface area contributed by atoms with Crippen LogP contribution in [-0.4, -0.2) is 49.2 Å². The van der Waals surface area contributed by atoms with Crippen molar-refractivity contribution in [1.82, 2.24) is 29.5 Å². The van der Waals surface area contributed by atoms with E-state index in [4.69, 9.17) is 32.7 Å². The van der Waals surface area contributed by atoms with Gasteiger partial charge in [-0.25, -0.2) is 14.5 Å². The van der Waals surface area contributed by atoms with Gasteiger partial charge in [-0.05, 0) is 31.0 Å². The molecule has 4 rings (SSSR count). The van der Waals surface area contributed by atoms with E-state index < -0.39 is 5.97 Å². The Morgan fingerprint density at radius 2 is 1.94 bits per heavy atom. The fourth-order valence-electron chi connectivity index (χ4n) is 3.42. The van der Waals surface area contributed by atoms with E-state index >= 15 is 0 Å². The molecule has 0 fully saturated rings. The van der Waals surface area contributed by atoms with Crippen molar-refractivity contribution >= 4 is 40.2 Å². The average Bonchev–Trinajstić information content (AvgIpc) is 3.44. The van der Waals surface area contributed by atoms with Crippen LogP contribution in [0.4, 0.5) is 0 Å². The Balaban J connectivity index is 1.78. The molecule has 4 aromatic rings. The van der Waals surface area contributed by atoms with Gasteiger partial charge in [-0.3, -0.25) is 4.68 Å². The summed E-state index contributed by atoms with van der Waals surface area (Å²) in [7, 11) is 1.52. The molecule has 1 aromatic carbocycles. The molecule has 1 atom stereocenters. The van der Waals surface area contributed by atoms with E-state index in [2.05, 4.69) is 20.2 Å². The maximum absolute atomic E-state index is 11.9. The molecule has 166 valence electrons. The number of hydrogen-bond acceptors (Lipinski definition) is 7. The van der Waals surface area contributed by atoms with Crippen LogP contribution < -0.4 is 4.74 Å². The summed E-state index contributed by atoms with van der Waals surface area (Å²) in [4.78, 5) is 21.0. The molecule has 0 bridgehead atoms. The number of rotatable bonds is 7. The zero-order chi connectivity index (χ0) is 22.8. The lowest BCUT2D eigenvalue weighted by Gasteiger charge is -2.18. The predicted molar refractivity (Wildman–Crippen MR) is 120 cm³/mol. The summed E-state index contributed by atoms with van der Waals surface area (Å²) in [6, 6.07) is 5.37. The highest BCUT2D eigenvalue weighted by molar-refractivity contribution is 6.42. The normalized spacial score (nSPS) is 12.2. The highest BCUT2D eigenvalue weighted by Gasteiger charge is 2.22.